The average molecular weight is 227 g/mol. The second kappa shape index (κ2) is 4.26. The van der Waals surface area contributed by atoms with Gasteiger partial charge in [-0.2, -0.15) is 5.26 Å². The first kappa shape index (κ1) is 11.1. The summed E-state index contributed by atoms with van der Waals surface area (Å²) in [5.74, 6) is 0.494. The fourth-order valence-electron chi connectivity index (χ4n) is 1.61. The second-order valence-electron chi connectivity index (χ2n) is 3.77. The van der Waals surface area contributed by atoms with Crippen LogP contribution in [0.1, 0.15) is 16.8 Å². The van der Waals surface area contributed by atoms with Gasteiger partial charge >= 0.3 is 0 Å². The Bertz CT molecular complexity index is 591. The van der Waals surface area contributed by atoms with Gasteiger partial charge in [0.2, 0.25) is 5.69 Å². The number of aromatic nitrogens is 3. The Hall–Kier alpha value is -2.35. The fraction of sp³-hybridized carbons (Fsp3) is 0.250. The maximum absolute atomic E-state index is 8.93. The van der Waals surface area contributed by atoms with Crippen molar-refractivity contribution in [1.29, 1.82) is 5.26 Å². The minimum atomic E-state index is 0.299. The van der Waals surface area contributed by atoms with Gasteiger partial charge < -0.3 is 5.32 Å². The summed E-state index contributed by atoms with van der Waals surface area (Å²) in [6, 6.07) is 7.93. The molecule has 1 heterocycles. The molecule has 1 aromatic heterocycles. The third kappa shape index (κ3) is 1.85. The number of nitrogens with zero attached hydrogens (tertiary/aromatic N) is 4. The largest absolute Gasteiger partial charge is 0.369 e. The maximum atomic E-state index is 8.93. The molecule has 0 aliphatic rings. The summed E-state index contributed by atoms with van der Waals surface area (Å²) in [5.41, 5.74) is 3.47. The quantitative estimate of drug-likeness (QED) is 0.849. The number of nitriles is 1. The lowest BCUT2D eigenvalue weighted by Gasteiger charge is -2.06. The van der Waals surface area contributed by atoms with Crippen LogP contribution in [0.3, 0.4) is 0 Å². The van der Waals surface area contributed by atoms with Gasteiger partial charge in [0.25, 0.3) is 0 Å². The molecule has 0 spiro atoms. The molecule has 2 rings (SSSR count). The van der Waals surface area contributed by atoms with E-state index in [-0.39, 0.29) is 0 Å². The number of anilines is 1. The van der Waals surface area contributed by atoms with Crippen molar-refractivity contribution in [2.45, 2.75) is 13.8 Å². The molecule has 0 saturated heterocycles. The summed E-state index contributed by atoms with van der Waals surface area (Å²) in [4.78, 5) is 1.49. The zero-order valence-electron chi connectivity index (χ0n) is 10.0. The molecular formula is C12H13N5. The van der Waals surface area contributed by atoms with Crippen molar-refractivity contribution >= 4 is 5.82 Å². The first-order valence-electron chi connectivity index (χ1n) is 5.29. The van der Waals surface area contributed by atoms with Gasteiger partial charge in [-0.1, -0.05) is 12.1 Å². The smallest absolute Gasteiger partial charge is 0.207 e. The molecule has 0 aliphatic heterocycles. The number of aryl methyl sites for hydroxylation is 1. The van der Waals surface area contributed by atoms with Gasteiger partial charge in [-0.3, -0.25) is 0 Å². The molecule has 2 aromatic rings. The Morgan fingerprint density at radius 3 is 2.65 bits per heavy atom. The zero-order chi connectivity index (χ0) is 12.4. The molecule has 0 fully saturated rings. The van der Waals surface area contributed by atoms with Crippen LogP contribution in [0.5, 0.6) is 0 Å². The fourth-order valence-corrected chi connectivity index (χ4v) is 1.61. The van der Waals surface area contributed by atoms with Crippen molar-refractivity contribution in [3.05, 3.63) is 35.0 Å². The highest BCUT2D eigenvalue weighted by Crippen LogP contribution is 2.18. The van der Waals surface area contributed by atoms with E-state index in [1.165, 1.54) is 10.4 Å². The summed E-state index contributed by atoms with van der Waals surface area (Å²) >= 11 is 0. The van der Waals surface area contributed by atoms with E-state index in [1.54, 1.807) is 7.05 Å². The Labute approximate surface area is 99.7 Å². The van der Waals surface area contributed by atoms with E-state index in [4.69, 9.17) is 5.26 Å². The first-order valence-corrected chi connectivity index (χ1v) is 5.29. The van der Waals surface area contributed by atoms with Crippen molar-refractivity contribution in [2.24, 2.45) is 0 Å². The summed E-state index contributed by atoms with van der Waals surface area (Å²) in [6.45, 7) is 4.05. The van der Waals surface area contributed by atoms with Gasteiger partial charge in [0.05, 0.1) is 5.69 Å². The van der Waals surface area contributed by atoms with Crippen LogP contribution >= 0.6 is 0 Å². The van der Waals surface area contributed by atoms with E-state index in [9.17, 15) is 0 Å². The van der Waals surface area contributed by atoms with Crippen LogP contribution in [-0.2, 0) is 0 Å². The highest BCUT2D eigenvalue weighted by atomic mass is 15.5. The van der Waals surface area contributed by atoms with Crippen LogP contribution in [0.25, 0.3) is 5.69 Å². The predicted octanol–water partition coefficient (Wildman–Crippen LogP) is 1.80. The summed E-state index contributed by atoms with van der Waals surface area (Å²) in [6.07, 6.45) is 0. The summed E-state index contributed by atoms with van der Waals surface area (Å²) in [5, 5.41) is 20.2. The van der Waals surface area contributed by atoms with Crippen LogP contribution in [0.15, 0.2) is 18.2 Å². The van der Waals surface area contributed by atoms with Crippen molar-refractivity contribution in [1.82, 2.24) is 15.0 Å². The summed E-state index contributed by atoms with van der Waals surface area (Å²) < 4.78 is 0. The Kier molecular flexibility index (Phi) is 2.79. The molecule has 17 heavy (non-hydrogen) atoms. The standard InChI is InChI=1S/C12H13N5/c1-8-5-4-6-11(9(8)2)17-15-10(7-13)12(14-3)16-17/h4-6H,1-3H3,(H,14,16). The van der Waals surface area contributed by atoms with Crippen LogP contribution in [0.2, 0.25) is 0 Å². The molecule has 5 nitrogen and oxygen atoms in total. The average Bonchev–Trinajstić information content (AvgIpc) is 2.75. The maximum Gasteiger partial charge on any atom is 0.207 e. The number of hydrogen-bond acceptors (Lipinski definition) is 4. The number of benzene rings is 1. The van der Waals surface area contributed by atoms with Gasteiger partial charge in [0.1, 0.15) is 6.07 Å². The third-order valence-electron chi connectivity index (χ3n) is 2.75. The molecule has 1 aromatic carbocycles. The lowest BCUT2D eigenvalue weighted by Crippen LogP contribution is -2.02. The molecule has 0 radical (unpaired) electrons. The van der Waals surface area contributed by atoms with Crippen molar-refractivity contribution in [2.75, 3.05) is 12.4 Å². The van der Waals surface area contributed by atoms with E-state index in [0.717, 1.165) is 11.3 Å². The molecule has 1 N–H and O–H groups in total. The van der Waals surface area contributed by atoms with Crippen molar-refractivity contribution < 1.29 is 0 Å². The second-order valence-corrected chi connectivity index (χ2v) is 3.77. The Balaban J connectivity index is 2.58. The minimum absolute atomic E-state index is 0.299. The molecule has 0 bridgehead atoms. The molecule has 0 aliphatic carbocycles. The monoisotopic (exact) mass is 227 g/mol. The van der Waals surface area contributed by atoms with Gasteiger partial charge in [-0.25, -0.2) is 0 Å². The lowest BCUT2D eigenvalue weighted by atomic mass is 10.1. The lowest BCUT2D eigenvalue weighted by molar-refractivity contribution is 0.745. The van der Waals surface area contributed by atoms with Crippen molar-refractivity contribution in [3.63, 3.8) is 0 Å². The number of hydrogen-bond donors (Lipinski definition) is 1. The topological polar surface area (TPSA) is 66.5 Å². The molecular weight excluding hydrogens is 214 g/mol. The number of nitrogens with one attached hydrogen (secondary N) is 1. The van der Waals surface area contributed by atoms with E-state index >= 15 is 0 Å². The van der Waals surface area contributed by atoms with Crippen LogP contribution < -0.4 is 5.32 Å². The Morgan fingerprint density at radius 2 is 2.06 bits per heavy atom. The molecule has 5 heteroatoms. The molecule has 0 atom stereocenters. The molecule has 0 amide bonds. The molecule has 0 saturated carbocycles. The van der Waals surface area contributed by atoms with Gasteiger partial charge in [-0.15, -0.1) is 15.0 Å². The van der Waals surface area contributed by atoms with Crippen LogP contribution in [-0.4, -0.2) is 22.0 Å². The highest BCUT2D eigenvalue weighted by molar-refractivity contribution is 5.49. The van der Waals surface area contributed by atoms with E-state index < -0.39 is 0 Å². The molecule has 86 valence electrons. The highest BCUT2D eigenvalue weighted by Gasteiger charge is 2.11. The van der Waals surface area contributed by atoms with Crippen LogP contribution in [0, 0.1) is 25.2 Å². The van der Waals surface area contributed by atoms with Gasteiger partial charge in [-0.05, 0) is 31.0 Å². The zero-order valence-corrected chi connectivity index (χ0v) is 10.0. The predicted molar refractivity (Wildman–Crippen MR) is 65.1 cm³/mol. The van der Waals surface area contributed by atoms with E-state index in [0.29, 0.717) is 11.5 Å². The minimum Gasteiger partial charge on any atom is -0.369 e. The SMILES string of the molecule is CNc1nn(-c2cccc(C)c2C)nc1C#N. The normalized spacial score (nSPS) is 10.0. The first-order chi connectivity index (χ1) is 8.17. The number of rotatable bonds is 2. The molecule has 0 unspecified atom stereocenters. The van der Waals surface area contributed by atoms with Gasteiger partial charge in [0, 0.05) is 7.05 Å². The third-order valence-corrected chi connectivity index (χ3v) is 2.75. The van der Waals surface area contributed by atoms with E-state index in [2.05, 4.69) is 15.5 Å². The van der Waals surface area contributed by atoms with E-state index in [1.807, 2.05) is 38.1 Å². The summed E-state index contributed by atoms with van der Waals surface area (Å²) in [7, 11) is 1.72. The Morgan fingerprint density at radius 1 is 1.29 bits per heavy atom. The van der Waals surface area contributed by atoms with Gasteiger partial charge in [0.15, 0.2) is 5.82 Å². The van der Waals surface area contributed by atoms with Crippen molar-refractivity contribution in [3.8, 4) is 11.8 Å². The van der Waals surface area contributed by atoms with Crippen LogP contribution in [0.4, 0.5) is 5.82 Å².